The third-order valence-electron chi connectivity index (χ3n) is 2.91. The molecule has 1 N–H and O–H groups in total. The van der Waals surface area contributed by atoms with Crippen LogP contribution in [0.5, 0.6) is 0 Å². The van der Waals surface area contributed by atoms with Gasteiger partial charge in [0.2, 0.25) is 0 Å². The molecule has 1 aromatic carbocycles. The van der Waals surface area contributed by atoms with E-state index in [1.54, 1.807) is 0 Å². The molecule has 0 bridgehead atoms. The fourth-order valence-corrected chi connectivity index (χ4v) is 2.90. The van der Waals surface area contributed by atoms with Crippen molar-refractivity contribution < 1.29 is 5.21 Å². The molecule has 1 heterocycles. The summed E-state index contributed by atoms with van der Waals surface area (Å²) in [7, 11) is 4.03. The molecule has 18 heavy (non-hydrogen) atoms. The first-order chi connectivity index (χ1) is 8.68. The number of likely N-dealkylation sites (N-methyl/N-ethyl adjacent to an activating group) is 1. The maximum Gasteiger partial charge on any atom is 0.0678 e. The van der Waals surface area contributed by atoms with E-state index in [0.717, 1.165) is 30.0 Å². The van der Waals surface area contributed by atoms with Gasteiger partial charge in [0.1, 0.15) is 0 Å². The van der Waals surface area contributed by atoms with Crippen molar-refractivity contribution in [1.82, 2.24) is 9.96 Å². The molecule has 1 aliphatic heterocycles. The first-order valence-electron chi connectivity index (χ1n) is 6.22. The van der Waals surface area contributed by atoms with Gasteiger partial charge in [0.05, 0.1) is 12.2 Å². The van der Waals surface area contributed by atoms with Crippen LogP contribution in [0, 0.1) is 0 Å². The minimum Gasteiger partial charge on any atom is -0.308 e. The summed E-state index contributed by atoms with van der Waals surface area (Å²) in [5.41, 5.74) is 2.08. The molecule has 0 fully saturated rings. The molecule has 4 heteroatoms. The highest BCUT2D eigenvalue weighted by Crippen LogP contribution is 2.33. The minimum absolute atomic E-state index is 0.623. The van der Waals surface area contributed by atoms with Crippen LogP contribution in [-0.2, 0) is 0 Å². The normalized spacial score (nSPS) is 15.0. The third kappa shape index (κ3) is 3.28. The largest absolute Gasteiger partial charge is 0.308 e. The number of hydrogen-bond donors (Lipinski definition) is 1. The summed E-state index contributed by atoms with van der Waals surface area (Å²) in [6.07, 6.45) is 3.13. The Kier molecular flexibility index (Phi) is 4.69. The quantitative estimate of drug-likeness (QED) is 0.846. The number of allylic oxidation sites excluding steroid dienone is 1. The molecule has 0 aliphatic carbocycles. The average molecular weight is 264 g/mol. The molecule has 0 spiro atoms. The van der Waals surface area contributed by atoms with Crippen molar-refractivity contribution in [3.8, 4) is 0 Å². The minimum atomic E-state index is 0.623. The molecule has 0 radical (unpaired) electrons. The van der Waals surface area contributed by atoms with E-state index in [-0.39, 0.29) is 0 Å². The van der Waals surface area contributed by atoms with Crippen molar-refractivity contribution in [2.24, 2.45) is 0 Å². The molecular weight excluding hydrogens is 244 g/mol. The van der Waals surface area contributed by atoms with E-state index in [1.807, 2.05) is 31.9 Å². The number of nitrogens with zero attached hydrogens (tertiary/aromatic N) is 2. The number of hydroxylamine groups is 2. The lowest BCUT2D eigenvalue weighted by Crippen LogP contribution is -2.28. The van der Waals surface area contributed by atoms with E-state index in [4.69, 9.17) is 0 Å². The van der Waals surface area contributed by atoms with Gasteiger partial charge in [-0.15, -0.1) is 11.8 Å². The molecule has 98 valence electrons. The lowest BCUT2D eigenvalue weighted by atomic mass is 10.1. The van der Waals surface area contributed by atoms with E-state index >= 15 is 0 Å². The number of thioether (sulfide) groups is 1. The Labute approximate surface area is 113 Å². The Morgan fingerprint density at radius 3 is 2.78 bits per heavy atom. The summed E-state index contributed by atoms with van der Waals surface area (Å²) in [4.78, 5) is 3.33. The van der Waals surface area contributed by atoms with E-state index < -0.39 is 0 Å². The van der Waals surface area contributed by atoms with Crippen LogP contribution in [0.2, 0.25) is 0 Å². The molecule has 0 aromatic heterocycles. The zero-order valence-corrected chi connectivity index (χ0v) is 11.8. The summed E-state index contributed by atoms with van der Waals surface area (Å²) in [5.74, 6) is 1.07. The topological polar surface area (TPSA) is 26.7 Å². The van der Waals surface area contributed by atoms with Gasteiger partial charge >= 0.3 is 0 Å². The van der Waals surface area contributed by atoms with Gasteiger partial charge in [-0.3, -0.25) is 10.3 Å². The zero-order chi connectivity index (χ0) is 13.0. The zero-order valence-electron chi connectivity index (χ0n) is 11.0. The molecule has 2 rings (SSSR count). The van der Waals surface area contributed by atoms with Crippen LogP contribution in [0.4, 0.5) is 0 Å². The lowest BCUT2D eigenvalue weighted by molar-refractivity contribution is -0.0310. The standard InChI is InChI=1S/C14H20N2OS/c1-15(2)9-10-16(17)13-7-5-11-18-14-8-4-3-6-12(13)14/h3-4,6-8,17H,5,9-11H2,1-2H3. The molecule has 0 amide bonds. The van der Waals surface area contributed by atoms with Gasteiger partial charge in [0.15, 0.2) is 0 Å². The maximum absolute atomic E-state index is 10.2. The Morgan fingerprint density at radius 2 is 2.00 bits per heavy atom. The predicted molar refractivity (Wildman–Crippen MR) is 76.8 cm³/mol. The fraction of sp³-hybridized carbons (Fsp3) is 0.429. The second-order valence-electron chi connectivity index (χ2n) is 4.65. The van der Waals surface area contributed by atoms with Gasteiger partial charge in [0, 0.05) is 22.8 Å². The molecular formula is C14H20N2OS. The van der Waals surface area contributed by atoms with E-state index in [0.29, 0.717) is 6.54 Å². The number of hydrogen-bond acceptors (Lipinski definition) is 4. The first-order valence-corrected chi connectivity index (χ1v) is 7.20. The maximum atomic E-state index is 10.2. The Morgan fingerprint density at radius 1 is 1.22 bits per heavy atom. The highest BCUT2D eigenvalue weighted by atomic mass is 32.2. The van der Waals surface area contributed by atoms with Gasteiger partial charge in [0.25, 0.3) is 0 Å². The van der Waals surface area contributed by atoms with Gasteiger partial charge < -0.3 is 4.90 Å². The molecule has 0 atom stereocenters. The molecule has 0 saturated heterocycles. The molecule has 0 unspecified atom stereocenters. The van der Waals surface area contributed by atoms with Crippen LogP contribution in [0.25, 0.3) is 5.70 Å². The van der Waals surface area contributed by atoms with Crippen molar-refractivity contribution in [3.05, 3.63) is 35.9 Å². The van der Waals surface area contributed by atoms with E-state index in [9.17, 15) is 5.21 Å². The smallest absolute Gasteiger partial charge is 0.0678 e. The molecule has 3 nitrogen and oxygen atoms in total. The van der Waals surface area contributed by atoms with Crippen LogP contribution in [0.1, 0.15) is 12.0 Å². The van der Waals surface area contributed by atoms with Gasteiger partial charge in [-0.25, -0.2) is 0 Å². The summed E-state index contributed by atoms with van der Waals surface area (Å²) in [6, 6.07) is 8.28. The highest BCUT2D eigenvalue weighted by molar-refractivity contribution is 7.99. The van der Waals surface area contributed by atoms with Crippen molar-refractivity contribution in [3.63, 3.8) is 0 Å². The average Bonchev–Trinajstić information content (AvgIpc) is 2.58. The van der Waals surface area contributed by atoms with Gasteiger partial charge in [-0.05, 0) is 26.6 Å². The summed E-state index contributed by atoms with van der Waals surface area (Å²) >= 11 is 1.85. The van der Waals surface area contributed by atoms with Crippen LogP contribution >= 0.6 is 11.8 Å². The number of rotatable bonds is 4. The van der Waals surface area contributed by atoms with E-state index in [2.05, 4.69) is 29.2 Å². The van der Waals surface area contributed by atoms with Gasteiger partial charge in [-0.2, -0.15) is 0 Å². The van der Waals surface area contributed by atoms with Crippen LogP contribution in [0.15, 0.2) is 35.2 Å². The highest BCUT2D eigenvalue weighted by Gasteiger charge is 2.15. The number of fused-ring (bicyclic) bond motifs is 1. The van der Waals surface area contributed by atoms with E-state index in [1.165, 1.54) is 9.96 Å². The second-order valence-corrected chi connectivity index (χ2v) is 5.79. The van der Waals surface area contributed by atoms with Crippen LogP contribution in [-0.4, -0.2) is 48.1 Å². The molecule has 0 saturated carbocycles. The van der Waals surface area contributed by atoms with Crippen molar-refractivity contribution in [2.75, 3.05) is 32.9 Å². The van der Waals surface area contributed by atoms with Crippen molar-refractivity contribution in [2.45, 2.75) is 11.3 Å². The fourth-order valence-electron chi connectivity index (χ4n) is 1.94. The number of benzene rings is 1. The van der Waals surface area contributed by atoms with Crippen molar-refractivity contribution >= 4 is 17.5 Å². The summed E-state index contributed by atoms with van der Waals surface area (Å²) < 4.78 is 0. The Balaban J connectivity index is 2.19. The Bertz CT molecular complexity index is 432. The van der Waals surface area contributed by atoms with Gasteiger partial charge in [-0.1, -0.05) is 24.3 Å². The van der Waals surface area contributed by atoms with Crippen LogP contribution < -0.4 is 0 Å². The SMILES string of the molecule is CN(C)CCN(O)C1=CCCSc2ccccc21. The first kappa shape index (κ1) is 13.5. The summed E-state index contributed by atoms with van der Waals surface area (Å²) in [6.45, 7) is 1.46. The molecule has 1 aliphatic rings. The second kappa shape index (κ2) is 6.27. The molecule has 1 aromatic rings. The third-order valence-corrected chi connectivity index (χ3v) is 4.02. The summed E-state index contributed by atoms with van der Waals surface area (Å²) in [5, 5.41) is 11.6. The van der Waals surface area contributed by atoms with Crippen molar-refractivity contribution in [1.29, 1.82) is 0 Å². The lowest BCUT2D eigenvalue weighted by Gasteiger charge is -2.23. The predicted octanol–water partition coefficient (Wildman–Crippen LogP) is 2.78. The Hall–Kier alpha value is -0.970. The monoisotopic (exact) mass is 264 g/mol. The van der Waals surface area contributed by atoms with Crippen LogP contribution in [0.3, 0.4) is 0 Å².